The highest BCUT2D eigenvalue weighted by molar-refractivity contribution is 5.06. The summed E-state index contributed by atoms with van der Waals surface area (Å²) in [7, 11) is 0. The summed E-state index contributed by atoms with van der Waals surface area (Å²) in [6, 6.07) is 0. The molecule has 0 atom stereocenters. The van der Waals surface area contributed by atoms with Crippen LogP contribution < -0.4 is 0 Å². The molecule has 0 heterocycles. The average Bonchev–Trinajstić information content (AvgIpc) is 2.50. The molecular weight excluding hydrogens is 336 g/mol. The molecule has 0 saturated heterocycles. The highest BCUT2D eigenvalue weighted by atomic mass is 14.6. The van der Waals surface area contributed by atoms with Gasteiger partial charge in [0.05, 0.1) is 0 Å². The van der Waals surface area contributed by atoms with Crippen LogP contribution in [0.3, 0.4) is 0 Å². The van der Waals surface area contributed by atoms with Crippen molar-refractivity contribution in [3.8, 4) is 0 Å². The summed E-state index contributed by atoms with van der Waals surface area (Å²) in [6.45, 7) is 22.1. The normalized spacial score (nSPS) is 38.2. The van der Waals surface area contributed by atoms with Gasteiger partial charge in [-0.1, -0.05) is 62.3 Å². The Balaban J connectivity index is 1.80. The molecule has 0 aromatic heterocycles. The second-order valence-electron chi connectivity index (χ2n) is 14.9. The van der Waals surface area contributed by atoms with Crippen molar-refractivity contribution in [1.29, 1.82) is 0 Å². The third-order valence-corrected chi connectivity index (χ3v) is 8.80. The van der Waals surface area contributed by atoms with Gasteiger partial charge in [0, 0.05) is 0 Å². The first-order valence-corrected chi connectivity index (χ1v) is 12.7. The molecule has 0 nitrogen and oxygen atoms in total. The van der Waals surface area contributed by atoms with E-state index in [0.29, 0.717) is 16.2 Å². The second-order valence-corrected chi connectivity index (χ2v) is 14.9. The average molecular weight is 389 g/mol. The highest BCUT2D eigenvalue weighted by Gasteiger charge is 2.57. The van der Waals surface area contributed by atoms with Crippen molar-refractivity contribution in [2.45, 2.75) is 120 Å². The van der Waals surface area contributed by atoms with Crippen molar-refractivity contribution in [1.82, 2.24) is 0 Å². The van der Waals surface area contributed by atoms with Gasteiger partial charge in [-0.2, -0.15) is 0 Å². The summed E-state index contributed by atoms with van der Waals surface area (Å²) < 4.78 is 0. The van der Waals surface area contributed by atoms with Crippen LogP contribution in [0.1, 0.15) is 120 Å². The minimum atomic E-state index is 0.497. The van der Waals surface area contributed by atoms with Crippen LogP contribution >= 0.6 is 0 Å². The molecule has 0 spiro atoms. The fourth-order valence-electron chi connectivity index (χ4n) is 7.48. The fourth-order valence-corrected chi connectivity index (χ4v) is 7.48. The van der Waals surface area contributed by atoms with E-state index in [2.05, 4.69) is 62.3 Å². The van der Waals surface area contributed by atoms with Crippen molar-refractivity contribution >= 4 is 0 Å². The van der Waals surface area contributed by atoms with E-state index in [-0.39, 0.29) is 0 Å². The molecule has 0 aliphatic heterocycles. The van der Waals surface area contributed by atoms with Crippen molar-refractivity contribution in [2.24, 2.45) is 57.7 Å². The number of rotatable bonds is 6. The van der Waals surface area contributed by atoms with E-state index < -0.39 is 0 Å². The SMILES string of the molecule is CC(C)(C)CCC1C2CC3CC1C(CCC(C)(C)C)C(C3)C2CCC(C)(C)C. The van der Waals surface area contributed by atoms with E-state index in [0.717, 1.165) is 41.4 Å². The van der Waals surface area contributed by atoms with Crippen molar-refractivity contribution in [3.05, 3.63) is 0 Å². The van der Waals surface area contributed by atoms with Crippen LogP contribution in [-0.4, -0.2) is 0 Å². The van der Waals surface area contributed by atoms with Crippen LogP contribution in [0.4, 0.5) is 0 Å². The zero-order chi connectivity index (χ0) is 20.9. The Bertz CT molecular complexity index is 420. The third kappa shape index (κ3) is 5.57. The largest absolute Gasteiger partial charge is 0.0602 e. The van der Waals surface area contributed by atoms with Gasteiger partial charge in [-0.3, -0.25) is 0 Å². The molecule has 0 N–H and O–H groups in total. The quantitative estimate of drug-likeness (QED) is 0.426. The smallest absolute Gasteiger partial charge is 0.0349 e. The van der Waals surface area contributed by atoms with Crippen LogP contribution in [0.15, 0.2) is 0 Å². The lowest BCUT2D eigenvalue weighted by molar-refractivity contribution is -0.140. The first kappa shape index (κ1) is 22.7. The minimum Gasteiger partial charge on any atom is -0.0602 e. The molecular formula is C28H52. The molecule has 4 bridgehead atoms. The van der Waals surface area contributed by atoms with Gasteiger partial charge in [0.15, 0.2) is 0 Å². The maximum atomic E-state index is 2.46. The van der Waals surface area contributed by atoms with Gasteiger partial charge in [-0.15, -0.1) is 0 Å². The second kappa shape index (κ2) is 7.92. The summed E-state index contributed by atoms with van der Waals surface area (Å²) >= 11 is 0. The number of hydrogen-bond donors (Lipinski definition) is 0. The monoisotopic (exact) mass is 388 g/mol. The lowest BCUT2D eigenvalue weighted by Gasteiger charge is -2.63. The van der Waals surface area contributed by atoms with Crippen LogP contribution in [0.25, 0.3) is 0 Å². The maximum absolute atomic E-state index is 2.46. The minimum absolute atomic E-state index is 0.497. The predicted molar refractivity (Wildman–Crippen MR) is 124 cm³/mol. The predicted octanol–water partition coefficient (Wildman–Crippen LogP) is 8.99. The van der Waals surface area contributed by atoms with E-state index in [1.54, 1.807) is 19.3 Å². The third-order valence-electron chi connectivity index (χ3n) is 8.80. The molecule has 0 aromatic carbocycles. The van der Waals surface area contributed by atoms with Crippen LogP contribution in [-0.2, 0) is 0 Å². The molecule has 4 aliphatic rings. The molecule has 0 heteroatoms. The van der Waals surface area contributed by atoms with Crippen molar-refractivity contribution in [2.75, 3.05) is 0 Å². The van der Waals surface area contributed by atoms with Crippen LogP contribution in [0.2, 0.25) is 0 Å². The van der Waals surface area contributed by atoms with Gasteiger partial charge < -0.3 is 0 Å². The lowest BCUT2D eigenvalue weighted by atomic mass is 9.42. The zero-order valence-corrected chi connectivity index (χ0v) is 20.9. The zero-order valence-electron chi connectivity index (χ0n) is 20.9. The Labute approximate surface area is 178 Å². The Kier molecular flexibility index (Phi) is 6.42. The Morgan fingerprint density at radius 3 is 0.929 bits per heavy atom. The molecule has 0 radical (unpaired) electrons. The van der Waals surface area contributed by atoms with Gasteiger partial charge in [-0.25, -0.2) is 0 Å². The molecule has 28 heavy (non-hydrogen) atoms. The van der Waals surface area contributed by atoms with Gasteiger partial charge in [0.2, 0.25) is 0 Å². The number of hydrogen-bond acceptors (Lipinski definition) is 0. The standard InChI is InChI=1S/C28H52/c1-26(2,3)13-10-20-23-16-19-17-24(20)22(12-15-28(7,8)9)25(18-19)21(23)11-14-27(4,5)6/h19-25H,10-18H2,1-9H3. The summed E-state index contributed by atoms with van der Waals surface area (Å²) in [6.07, 6.45) is 13.6. The van der Waals surface area contributed by atoms with Crippen LogP contribution in [0, 0.1) is 57.7 Å². The fraction of sp³-hybridized carbons (Fsp3) is 1.00. The Morgan fingerprint density at radius 2 is 0.714 bits per heavy atom. The Morgan fingerprint density at radius 1 is 0.464 bits per heavy atom. The molecule has 4 saturated carbocycles. The first-order valence-electron chi connectivity index (χ1n) is 12.7. The summed E-state index contributed by atoms with van der Waals surface area (Å²) in [5.41, 5.74) is 1.49. The van der Waals surface area contributed by atoms with E-state index in [4.69, 9.17) is 0 Å². The molecule has 4 fully saturated rings. The highest BCUT2D eigenvalue weighted by Crippen LogP contribution is 2.65. The lowest BCUT2D eigenvalue weighted by Crippen LogP contribution is -2.56. The van der Waals surface area contributed by atoms with Crippen molar-refractivity contribution < 1.29 is 0 Å². The summed E-state index contributed by atoms with van der Waals surface area (Å²) in [5.74, 6) is 7.42. The van der Waals surface area contributed by atoms with Crippen LogP contribution in [0.5, 0.6) is 0 Å². The molecule has 0 aromatic rings. The molecule has 0 unspecified atom stereocenters. The van der Waals surface area contributed by atoms with E-state index in [9.17, 15) is 0 Å². The molecule has 0 amide bonds. The Hall–Kier alpha value is 0. The summed E-state index contributed by atoms with van der Waals surface area (Å²) in [5, 5.41) is 0. The maximum Gasteiger partial charge on any atom is -0.0349 e. The topological polar surface area (TPSA) is 0 Å². The van der Waals surface area contributed by atoms with E-state index in [1.807, 2.05) is 0 Å². The van der Waals surface area contributed by atoms with E-state index in [1.165, 1.54) is 38.5 Å². The van der Waals surface area contributed by atoms with Crippen molar-refractivity contribution in [3.63, 3.8) is 0 Å². The van der Waals surface area contributed by atoms with Gasteiger partial charge in [-0.05, 0) is 115 Å². The van der Waals surface area contributed by atoms with E-state index >= 15 is 0 Å². The molecule has 4 aliphatic carbocycles. The van der Waals surface area contributed by atoms with Gasteiger partial charge in [0.1, 0.15) is 0 Å². The molecule has 164 valence electrons. The van der Waals surface area contributed by atoms with Gasteiger partial charge in [0.25, 0.3) is 0 Å². The van der Waals surface area contributed by atoms with Gasteiger partial charge >= 0.3 is 0 Å². The molecule has 4 rings (SSSR count). The first-order chi connectivity index (χ1) is 12.7. The summed E-state index contributed by atoms with van der Waals surface area (Å²) in [4.78, 5) is 0.